The van der Waals surface area contributed by atoms with Crippen molar-refractivity contribution in [1.29, 1.82) is 0 Å². The van der Waals surface area contributed by atoms with Gasteiger partial charge < -0.3 is 5.32 Å². The van der Waals surface area contributed by atoms with Crippen LogP contribution in [0.2, 0.25) is 0 Å². The number of carbonyl (C=O) groups excluding carboxylic acids is 1. The third-order valence-electron chi connectivity index (χ3n) is 5.44. The van der Waals surface area contributed by atoms with Crippen LogP contribution < -0.4 is 5.32 Å². The van der Waals surface area contributed by atoms with Crippen LogP contribution in [0.5, 0.6) is 0 Å². The molecule has 0 spiro atoms. The summed E-state index contributed by atoms with van der Waals surface area (Å²) in [6.45, 7) is 9.77. The normalized spacial score (nSPS) is 13.7. The van der Waals surface area contributed by atoms with E-state index in [1.54, 1.807) is 17.6 Å². The first-order valence-corrected chi connectivity index (χ1v) is 9.63. The van der Waals surface area contributed by atoms with Crippen LogP contribution in [0.4, 0.5) is 0 Å². The lowest BCUT2D eigenvalue weighted by Crippen LogP contribution is -2.07. The Morgan fingerprint density at radius 3 is 2.69 bits per heavy atom. The molecule has 1 aliphatic carbocycles. The van der Waals surface area contributed by atoms with Gasteiger partial charge in [-0.3, -0.25) is 9.78 Å². The summed E-state index contributed by atoms with van der Waals surface area (Å²) >= 11 is 0. The third kappa shape index (κ3) is 3.18. The Morgan fingerprint density at radius 1 is 1.21 bits per heavy atom. The predicted octanol–water partition coefficient (Wildman–Crippen LogP) is 4.45. The zero-order chi connectivity index (χ0) is 20.7. The second kappa shape index (κ2) is 7.17. The molecule has 0 radical (unpaired) electrons. The lowest BCUT2D eigenvalue weighted by Gasteiger charge is -2.15. The largest absolute Gasteiger partial charge is 0.391 e. The molecule has 0 aromatic carbocycles. The number of ketones is 1. The van der Waals surface area contributed by atoms with E-state index in [1.165, 1.54) is 0 Å². The average Bonchev–Trinajstić information content (AvgIpc) is 3.30. The van der Waals surface area contributed by atoms with Crippen molar-refractivity contribution in [2.75, 3.05) is 7.05 Å². The molecule has 0 amide bonds. The van der Waals surface area contributed by atoms with E-state index in [9.17, 15) is 4.79 Å². The van der Waals surface area contributed by atoms with Gasteiger partial charge in [-0.25, -0.2) is 4.52 Å². The molecular weight excluding hydrogens is 360 g/mol. The molecule has 5 heteroatoms. The van der Waals surface area contributed by atoms with Crippen molar-refractivity contribution >= 4 is 22.4 Å². The minimum absolute atomic E-state index is 0.0145. The van der Waals surface area contributed by atoms with Crippen molar-refractivity contribution in [1.82, 2.24) is 19.9 Å². The number of hydrogen-bond acceptors (Lipinski definition) is 4. The summed E-state index contributed by atoms with van der Waals surface area (Å²) in [5, 5.41) is 7.50. The van der Waals surface area contributed by atoms with Crippen LogP contribution in [0.3, 0.4) is 0 Å². The van der Waals surface area contributed by atoms with Crippen LogP contribution in [0.25, 0.3) is 16.7 Å². The van der Waals surface area contributed by atoms with Crippen LogP contribution in [0, 0.1) is 0 Å². The fraction of sp³-hybridized carbons (Fsp3) is 0.208. The number of aromatic nitrogens is 3. The van der Waals surface area contributed by atoms with Gasteiger partial charge in [0.1, 0.15) is 0 Å². The van der Waals surface area contributed by atoms with Gasteiger partial charge in [-0.1, -0.05) is 12.7 Å². The highest BCUT2D eigenvalue weighted by atomic mass is 16.1. The summed E-state index contributed by atoms with van der Waals surface area (Å²) < 4.78 is 1.74. The minimum atomic E-state index is 0.0145. The van der Waals surface area contributed by atoms with E-state index < -0.39 is 0 Å². The molecule has 1 aliphatic rings. The molecule has 3 aromatic rings. The molecule has 0 saturated carbocycles. The summed E-state index contributed by atoms with van der Waals surface area (Å²) in [4.78, 5) is 16.7. The zero-order valence-corrected chi connectivity index (χ0v) is 17.2. The SMILES string of the molecule is C=C(C)/C(=C(/C)NC)c1cnc2c(c1)C(c1ccn3ncc(C(C)=O)c3c1)=CC2. The first-order chi connectivity index (χ1) is 13.9. The van der Waals surface area contributed by atoms with Crippen molar-refractivity contribution in [3.05, 3.63) is 88.7 Å². The fourth-order valence-electron chi connectivity index (χ4n) is 3.94. The first kappa shape index (κ1) is 18.9. The smallest absolute Gasteiger partial charge is 0.163 e. The molecule has 3 aromatic heterocycles. The monoisotopic (exact) mass is 384 g/mol. The van der Waals surface area contributed by atoms with Crippen molar-refractivity contribution in [2.24, 2.45) is 0 Å². The molecule has 146 valence electrons. The topological polar surface area (TPSA) is 59.3 Å². The molecular formula is C24H24N4O. The lowest BCUT2D eigenvalue weighted by molar-refractivity contribution is 0.101. The molecule has 4 rings (SSSR count). The molecule has 29 heavy (non-hydrogen) atoms. The highest BCUT2D eigenvalue weighted by molar-refractivity contribution is 6.01. The summed E-state index contributed by atoms with van der Waals surface area (Å²) in [7, 11) is 1.91. The van der Waals surface area contributed by atoms with Crippen LogP contribution >= 0.6 is 0 Å². The van der Waals surface area contributed by atoms with Gasteiger partial charge in [-0.05, 0) is 55.7 Å². The molecule has 0 fully saturated rings. The number of fused-ring (bicyclic) bond motifs is 2. The minimum Gasteiger partial charge on any atom is -0.391 e. The highest BCUT2D eigenvalue weighted by Crippen LogP contribution is 2.35. The van der Waals surface area contributed by atoms with Gasteiger partial charge in [0.15, 0.2) is 5.78 Å². The van der Waals surface area contributed by atoms with Crippen molar-refractivity contribution in [3.63, 3.8) is 0 Å². The molecule has 0 atom stereocenters. The van der Waals surface area contributed by atoms with E-state index in [0.29, 0.717) is 5.56 Å². The van der Waals surface area contributed by atoms with E-state index in [1.807, 2.05) is 45.4 Å². The van der Waals surface area contributed by atoms with Gasteiger partial charge in [-0.2, -0.15) is 5.10 Å². The number of allylic oxidation sites excluding steroid dienone is 4. The molecule has 0 saturated heterocycles. The number of rotatable bonds is 5. The van der Waals surface area contributed by atoms with E-state index in [2.05, 4.69) is 29.1 Å². The highest BCUT2D eigenvalue weighted by Gasteiger charge is 2.20. The maximum absolute atomic E-state index is 11.9. The van der Waals surface area contributed by atoms with Gasteiger partial charge in [-0.15, -0.1) is 0 Å². The average molecular weight is 384 g/mol. The Bertz CT molecular complexity index is 1230. The van der Waals surface area contributed by atoms with Crippen molar-refractivity contribution in [3.8, 4) is 0 Å². The number of nitrogens with one attached hydrogen (secondary N) is 1. The Labute approximate surface area is 170 Å². The Morgan fingerprint density at radius 2 is 2.00 bits per heavy atom. The van der Waals surface area contributed by atoms with Gasteiger partial charge in [0.2, 0.25) is 0 Å². The third-order valence-corrected chi connectivity index (χ3v) is 5.44. The van der Waals surface area contributed by atoms with Gasteiger partial charge in [0.05, 0.1) is 23.0 Å². The molecule has 0 aliphatic heterocycles. The van der Waals surface area contributed by atoms with Gasteiger partial charge in [0, 0.05) is 48.3 Å². The summed E-state index contributed by atoms with van der Waals surface area (Å²) in [6, 6.07) is 6.26. The van der Waals surface area contributed by atoms with Gasteiger partial charge in [0.25, 0.3) is 0 Å². The molecule has 0 unspecified atom stereocenters. The van der Waals surface area contributed by atoms with E-state index in [-0.39, 0.29) is 5.78 Å². The van der Waals surface area contributed by atoms with E-state index in [0.717, 1.165) is 56.7 Å². The Hall–Kier alpha value is -3.47. The number of carbonyl (C=O) groups is 1. The van der Waals surface area contributed by atoms with Crippen molar-refractivity contribution < 1.29 is 4.79 Å². The summed E-state index contributed by atoms with van der Waals surface area (Å²) in [5.41, 5.74) is 10.0. The van der Waals surface area contributed by atoms with E-state index >= 15 is 0 Å². The number of nitrogens with zero attached hydrogens (tertiary/aromatic N) is 3. The zero-order valence-electron chi connectivity index (χ0n) is 17.2. The number of Topliss-reactive ketones (excluding diaryl/α,β-unsaturated/α-hetero) is 1. The van der Waals surface area contributed by atoms with Crippen LogP contribution in [0.1, 0.15) is 53.5 Å². The first-order valence-electron chi connectivity index (χ1n) is 9.63. The number of hydrogen-bond donors (Lipinski definition) is 1. The Balaban J connectivity index is 1.83. The lowest BCUT2D eigenvalue weighted by atomic mass is 9.94. The standard InChI is InChI=1S/C24H24N4O/c1-14(2)24(15(3)25-5)18-10-20-19(6-7-22(20)26-12-18)17-8-9-28-23(11-17)21(13-27-28)16(4)29/h6,8-13,25H,1,7H2,2-5H3/b24-15+. The summed E-state index contributed by atoms with van der Waals surface area (Å²) in [6.07, 6.45) is 8.45. The quantitative estimate of drug-likeness (QED) is 0.522. The molecule has 1 N–H and O–H groups in total. The maximum atomic E-state index is 11.9. The predicted molar refractivity (Wildman–Crippen MR) is 117 cm³/mol. The van der Waals surface area contributed by atoms with Crippen LogP contribution in [-0.2, 0) is 6.42 Å². The second-order valence-corrected chi connectivity index (χ2v) is 7.43. The van der Waals surface area contributed by atoms with Crippen LogP contribution in [0.15, 0.2) is 60.7 Å². The maximum Gasteiger partial charge on any atom is 0.163 e. The molecule has 0 bridgehead atoms. The number of pyridine rings is 2. The van der Waals surface area contributed by atoms with E-state index in [4.69, 9.17) is 4.98 Å². The molecule has 5 nitrogen and oxygen atoms in total. The Kier molecular flexibility index (Phi) is 4.66. The summed E-state index contributed by atoms with van der Waals surface area (Å²) in [5.74, 6) is 0.0145. The fourth-order valence-corrected chi connectivity index (χ4v) is 3.94. The second-order valence-electron chi connectivity index (χ2n) is 7.43. The molecule has 3 heterocycles. The van der Waals surface area contributed by atoms with Crippen molar-refractivity contribution in [2.45, 2.75) is 27.2 Å². The van der Waals surface area contributed by atoms with Gasteiger partial charge >= 0.3 is 0 Å². The van der Waals surface area contributed by atoms with Crippen LogP contribution in [-0.4, -0.2) is 27.4 Å².